The smallest absolute Gasteiger partial charge is 0.136 e. The van der Waals surface area contributed by atoms with E-state index >= 15 is 0 Å². The van der Waals surface area contributed by atoms with Gasteiger partial charge in [-0.15, -0.1) is 0 Å². The van der Waals surface area contributed by atoms with Crippen molar-refractivity contribution in [2.24, 2.45) is 0 Å². The molecule has 74 valence electrons. The Kier molecular flexibility index (Phi) is 4.81. The van der Waals surface area contributed by atoms with Crippen LogP contribution in [-0.2, 0) is 4.79 Å². The summed E-state index contributed by atoms with van der Waals surface area (Å²) in [6, 6.07) is 0. The Hall–Kier alpha value is -0.590. The monoisotopic (exact) mass is 180 g/mol. The van der Waals surface area contributed by atoms with Crippen LogP contribution in [0.4, 0.5) is 0 Å². The summed E-state index contributed by atoms with van der Waals surface area (Å²) < 4.78 is 0. The number of allylic oxidation sites excluding steroid dienone is 2. The molecule has 0 aliphatic heterocycles. The first kappa shape index (κ1) is 10.5. The van der Waals surface area contributed by atoms with Gasteiger partial charge in [0.15, 0.2) is 0 Å². The number of carbonyl (C=O) groups is 1. The number of hydrogen-bond donors (Lipinski definition) is 0. The quantitative estimate of drug-likeness (QED) is 0.590. The maximum atomic E-state index is 11.4. The van der Waals surface area contributed by atoms with Gasteiger partial charge in [0.2, 0.25) is 0 Å². The maximum Gasteiger partial charge on any atom is 0.136 e. The van der Waals surface area contributed by atoms with Crippen molar-refractivity contribution < 1.29 is 4.79 Å². The molecule has 0 aromatic carbocycles. The molecule has 0 aromatic heterocycles. The van der Waals surface area contributed by atoms with Crippen LogP contribution in [0.25, 0.3) is 0 Å². The molecule has 0 saturated carbocycles. The van der Waals surface area contributed by atoms with Gasteiger partial charge < -0.3 is 0 Å². The minimum atomic E-state index is 0.440. The van der Waals surface area contributed by atoms with Crippen LogP contribution in [0.1, 0.15) is 58.3 Å². The Morgan fingerprint density at radius 1 is 1.46 bits per heavy atom. The summed E-state index contributed by atoms with van der Waals surface area (Å²) in [5.74, 6) is 0.440. The van der Waals surface area contributed by atoms with E-state index in [1.807, 2.05) is 0 Å². The third-order valence-corrected chi connectivity index (χ3v) is 2.62. The number of hydrogen-bond acceptors (Lipinski definition) is 1. The lowest BCUT2D eigenvalue weighted by Gasteiger charge is -2.11. The highest BCUT2D eigenvalue weighted by Crippen LogP contribution is 2.20. The zero-order valence-corrected chi connectivity index (χ0v) is 8.64. The highest BCUT2D eigenvalue weighted by Gasteiger charge is 2.08. The summed E-state index contributed by atoms with van der Waals surface area (Å²) in [7, 11) is 0. The fraction of sp³-hybridized carbons (Fsp3) is 0.750. The van der Waals surface area contributed by atoms with Gasteiger partial charge in [-0.05, 0) is 32.1 Å². The van der Waals surface area contributed by atoms with Gasteiger partial charge >= 0.3 is 0 Å². The van der Waals surface area contributed by atoms with Gasteiger partial charge in [-0.3, -0.25) is 4.79 Å². The van der Waals surface area contributed by atoms with E-state index in [1.165, 1.54) is 24.8 Å². The van der Waals surface area contributed by atoms with Crippen LogP contribution in [0.15, 0.2) is 11.6 Å². The second-order valence-corrected chi connectivity index (χ2v) is 3.93. The minimum absolute atomic E-state index is 0.440. The first-order valence-electron chi connectivity index (χ1n) is 5.52. The Labute approximate surface area is 81.2 Å². The molecule has 0 aromatic rings. The lowest BCUT2D eigenvalue weighted by molar-refractivity contribution is -0.118. The van der Waals surface area contributed by atoms with Crippen LogP contribution in [0.2, 0.25) is 0 Å². The van der Waals surface area contributed by atoms with E-state index in [2.05, 4.69) is 13.0 Å². The predicted octanol–water partition coefficient (Wildman–Crippen LogP) is 3.64. The molecular weight excluding hydrogens is 160 g/mol. The third kappa shape index (κ3) is 4.25. The lowest BCUT2D eigenvalue weighted by Crippen LogP contribution is -2.02. The average Bonchev–Trinajstić information content (AvgIpc) is 2.16. The lowest BCUT2D eigenvalue weighted by atomic mass is 9.94. The summed E-state index contributed by atoms with van der Waals surface area (Å²) in [6.07, 6.45) is 10.9. The molecule has 0 spiro atoms. The molecule has 0 amide bonds. The SMILES string of the molecule is CCCCC(=O)CC1=CCCCC1. The highest BCUT2D eigenvalue weighted by atomic mass is 16.1. The number of unbranched alkanes of at least 4 members (excludes halogenated alkanes) is 1. The fourth-order valence-electron chi connectivity index (χ4n) is 1.78. The van der Waals surface area contributed by atoms with Crippen LogP contribution in [0.5, 0.6) is 0 Å². The molecule has 0 unspecified atom stereocenters. The molecule has 1 aliphatic carbocycles. The summed E-state index contributed by atoms with van der Waals surface area (Å²) >= 11 is 0. The van der Waals surface area contributed by atoms with E-state index in [1.54, 1.807) is 0 Å². The van der Waals surface area contributed by atoms with Crippen molar-refractivity contribution in [2.45, 2.75) is 58.3 Å². The topological polar surface area (TPSA) is 17.1 Å². The first-order valence-corrected chi connectivity index (χ1v) is 5.52. The van der Waals surface area contributed by atoms with E-state index in [0.29, 0.717) is 5.78 Å². The van der Waals surface area contributed by atoms with Gasteiger partial charge in [-0.1, -0.05) is 25.0 Å². The predicted molar refractivity (Wildman–Crippen MR) is 55.7 cm³/mol. The van der Waals surface area contributed by atoms with Crippen LogP contribution in [0.3, 0.4) is 0 Å². The number of rotatable bonds is 5. The average molecular weight is 180 g/mol. The molecule has 0 fully saturated rings. The highest BCUT2D eigenvalue weighted by molar-refractivity contribution is 5.80. The van der Waals surface area contributed by atoms with E-state index in [-0.39, 0.29) is 0 Å². The molecule has 0 saturated heterocycles. The van der Waals surface area contributed by atoms with Gasteiger partial charge in [-0.2, -0.15) is 0 Å². The van der Waals surface area contributed by atoms with Gasteiger partial charge in [0.05, 0.1) is 0 Å². The largest absolute Gasteiger partial charge is 0.299 e. The molecule has 1 heteroatoms. The number of Topliss-reactive ketones (excluding diaryl/α,β-unsaturated/α-hetero) is 1. The van der Waals surface area contributed by atoms with Crippen molar-refractivity contribution in [3.05, 3.63) is 11.6 Å². The molecule has 1 nitrogen and oxygen atoms in total. The number of carbonyl (C=O) groups excluding carboxylic acids is 1. The molecule has 13 heavy (non-hydrogen) atoms. The van der Waals surface area contributed by atoms with Crippen molar-refractivity contribution in [1.29, 1.82) is 0 Å². The van der Waals surface area contributed by atoms with Gasteiger partial charge in [0, 0.05) is 12.8 Å². The second-order valence-electron chi connectivity index (χ2n) is 3.93. The molecule has 1 rings (SSSR count). The van der Waals surface area contributed by atoms with Crippen LogP contribution in [0, 0.1) is 0 Å². The zero-order chi connectivity index (χ0) is 9.52. The molecule has 0 bridgehead atoms. The normalized spacial score (nSPS) is 16.8. The Morgan fingerprint density at radius 2 is 2.31 bits per heavy atom. The summed E-state index contributed by atoms with van der Waals surface area (Å²) in [6.45, 7) is 2.13. The van der Waals surface area contributed by atoms with Crippen molar-refractivity contribution in [2.75, 3.05) is 0 Å². The molecule has 1 aliphatic rings. The number of ketones is 1. The standard InChI is InChI=1S/C12H20O/c1-2-3-9-12(13)10-11-7-5-4-6-8-11/h7H,2-6,8-10H2,1H3. The van der Waals surface area contributed by atoms with Crippen LogP contribution in [-0.4, -0.2) is 5.78 Å². The summed E-state index contributed by atoms with van der Waals surface area (Å²) in [4.78, 5) is 11.4. The minimum Gasteiger partial charge on any atom is -0.299 e. The van der Waals surface area contributed by atoms with Gasteiger partial charge in [0.25, 0.3) is 0 Å². The second kappa shape index (κ2) is 5.95. The van der Waals surface area contributed by atoms with Crippen molar-refractivity contribution in [3.63, 3.8) is 0 Å². The van der Waals surface area contributed by atoms with E-state index in [4.69, 9.17) is 0 Å². The molecule has 0 heterocycles. The Balaban J connectivity index is 2.22. The molecule has 0 N–H and O–H groups in total. The van der Waals surface area contributed by atoms with E-state index in [0.717, 1.165) is 32.1 Å². The molecule has 0 radical (unpaired) electrons. The zero-order valence-electron chi connectivity index (χ0n) is 8.64. The molecular formula is C12H20O. The fourth-order valence-corrected chi connectivity index (χ4v) is 1.78. The van der Waals surface area contributed by atoms with Crippen LogP contribution >= 0.6 is 0 Å². The Morgan fingerprint density at radius 3 is 2.92 bits per heavy atom. The van der Waals surface area contributed by atoms with Gasteiger partial charge in [0.1, 0.15) is 5.78 Å². The van der Waals surface area contributed by atoms with Crippen molar-refractivity contribution >= 4 is 5.78 Å². The third-order valence-electron chi connectivity index (χ3n) is 2.62. The van der Waals surface area contributed by atoms with E-state index in [9.17, 15) is 4.79 Å². The Bertz CT molecular complexity index is 191. The van der Waals surface area contributed by atoms with Crippen molar-refractivity contribution in [1.82, 2.24) is 0 Å². The maximum absolute atomic E-state index is 11.4. The van der Waals surface area contributed by atoms with E-state index < -0.39 is 0 Å². The summed E-state index contributed by atoms with van der Waals surface area (Å²) in [5, 5.41) is 0. The van der Waals surface area contributed by atoms with Crippen molar-refractivity contribution in [3.8, 4) is 0 Å². The summed E-state index contributed by atoms with van der Waals surface area (Å²) in [5.41, 5.74) is 1.40. The van der Waals surface area contributed by atoms with Crippen LogP contribution < -0.4 is 0 Å². The molecule has 0 atom stereocenters. The van der Waals surface area contributed by atoms with Gasteiger partial charge in [-0.25, -0.2) is 0 Å². The first-order chi connectivity index (χ1) is 6.33.